The lowest BCUT2D eigenvalue weighted by Crippen LogP contribution is -2.71. The van der Waals surface area contributed by atoms with Gasteiger partial charge in [-0.05, 0) is 5.41 Å². The van der Waals surface area contributed by atoms with E-state index in [0.717, 1.165) is 22.6 Å². The van der Waals surface area contributed by atoms with Crippen LogP contribution in [0.25, 0.3) is 0 Å². The predicted molar refractivity (Wildman–Crippen MR) is 124 cm³/mol. The number of nitrogen functional groups attached to an aromatic ring is 1. The molecular weight excluding hydrogens is 502 g/mol. The summed E-state index contributed by atoms with van der Waals surface area (Å²) in [5, 5.41) is 25.4. The summed E-state index contributed by atoms with van der Waals surface area (Å²) in [7, 11) is 0. The molecule has 16 heteroatoms. The molecular formula is C16H16ClN7O5S3. The summed E-state index contributed by atoms with van der Waals surface area (Å²) in [4.78, 5) is 46.4. The molecule has 0 spiro atoms. The lowest BCUT2D eigenvalue weighted by atomic mass is 10.0. The quantitative estimate of drug-likeness (QED) is 0.106. The average Bonchev–Trinajstić information content (AvgIpc) is 3.09. The van der Waals surface area contributed by atoms with Gasteiger partial charge < -0.3 is 27.1 Å². The molecule has 12 nitrogen and oxygen atoms in total. The van der Waals surface area contributed by atoms with E-state index in [1.807, 2.05) is 0 Å². The summed E-state index contributed by atoms with van der Waals surface area (Å²) in [6, 6.07) is -1.02. The Hall–Kier alpha value is -2.75. The number of aliphatic carboxylic acids is 1. The Labute approximate surface area is 198 Å². The van der Waals surface area contributed by atoms with Gasteiger partial charge in [-0.25, -0.2) is 9.78 Å². The fourth-order valence-corrected chi connectivity index (χ4v) is 6.09. The van der Waals surface area contributed by atoms with Crippen LogP contribution >= 0.6 is 46.5 Å². The molecule has 170 valence electrons. The molecule has 0 radical (unpaired) electrons. The van der Waals surface area contributed by atoms with Gasteiger partial charge in [-0.15, -0.1) is 11.8 Å². The number of carboxylic acid groups (broad SMARTS) is 1. The third-order valence-electron chi connectivity index (χ3n) is 4.19. The molecule has 0 aliphatic carbocycles. The van der Waals surface area contributed by atoms with Crippen molar-refractivity contribution in [3.63, 3.8) is 0 Å². The predicted octanol–water partition coefficient (Wildman–Crippen LogP) is 0.487. The third-order valence-corrected chi connectivity index (χ3v) is 7.68. The summed E-state index contributed by atoms with van der Waals surface area (Å²) in [5.74, 6) is -2.45. The summed E-state index contributed by atoms with van der Waals surface area (Å²) in [6.07, 6.45) is 2.86. The van der Waals surface area contributed by atoms with Gasteiger partial charge in [-0.3, -0.25) is 19.5 Å². The Morgan fingerprint density at radius 2 is 2.22 bits per heavy atom. The normalized spacial score (nSPS) is 21.2. The summed E-state index contributed by atoms with van der Waals surface area (Å²) in [5.41, 5.74) is 9.93. The first-order chi connectivity index (χ1) is 15.3. The van der Waals surface area contributed by atoms with E-state index < -0.39 is 34.9 Å². The minimum Gasteiger partial charge on any atom is -0.477 e. The molecule has 2 aliphatic rings. The van der Waals surface area contributed by atoms with Gasteiger partial charge in [0, 0.05) is 10.7 Å². The molecule has 1 unspecified atom stereocenters. The number of fused-ring (bicyclic) bond motifs is 1. The molecule has 0 saturated carbocycles. The number of anilines is 1. The van der Waals surface area contributed by atoms with Crippen molar-refractivity contribution in [1.82, 2.24) is 15.2 Å². The van der Waals surface area contributed by atoms with E-state index in [4.69, 9.17) is 23.1 Å². The number of carbonyl (C=O) groups is 3. The van der Waals surface area contributed by atoms with Gasteiger partial charge in [0.2, 0.25) is 0 Å². The molecule has 3 rings (SSSR count). The number of thioether (sulfide) groups is 2. The standard InChI is InChI=1S/C16H16ClN7O5S3/c17-11-7(22-16(19)32-11)8(23-29)12(25)21-9-13(26)24-10(15(27)28)6(4-31-14(9)24)30-3-1-2-20-5-18/h1,3,5,9,14,29H,2,4H2,(H2,18,20)(H2,19,22)(H,21,25)(H,27,28)/b3-1-,23-8-/t9?,14-/m1/s1. The number of amides is 2. The maximum atomic E-state index is 12.7. The Bertz CT molecular complexity index is 1070. The highest BCUT2D eigenvalue weighted by Gasteiger charge is 2.54. The zero-order valence-corrected chi connectivity index (χ0v) is 19.2. The number of oxime groups is 1. The smallest absolute Gasteiger partial charge is 0.353 e. The van der Waals surface area contributed by atoms with E-state index in [-0.39, 0.29) is 20.9 Å². The van der Waals surface area contributed by atoms with Crippen LogP contribution in [0.15, 0.2) is 32.2 Å². The second-order valence-electron chi connectivity index (χ2n) is 6.06. The van der Waals surface area contributed by atoms with Crippen molar-refractivity contribution >= 4 is 81.4 Å². The Kier molecular flexibility index (Phi) is 7.65. The van der Waals surface area contributed by atoms with Crippen molar-refractivity contribution in [3.05, 3.63) is 32.1 Å². The number of nitrogens with one attached hydrogen (secondary N) is 1. The Balaban J connectivity index is 1.74. The molecule has 1 saturated heterocycles. The van der Waals surface area contributed by atoms with Gasteiger partial charge in [0.05, 0.1) is 12.9 Å². The van der Waals surface area contributed by atoms with Crippen molar-refractivity contribution in [3.8, 4) is 0 Å². The third kappa shape index (κ3) is 4.69. The summed E-state index contributed by atoms with van der Waals surface area (Å²) >= 11 is 9.30. The molecule has 1 aromatic heterocycles. The number of nitrogens with two attached hydrogens (primary N) is 2. The molecule has 1 aromatic rings. The highest BCUT2D eigenvalue weighted by atomic mass is 35.5. The number of aliphatic imine (C=N–C) groups is 1. The molecule has 0 bridgehead atoms. The number of hydrogen-bond acceptors (Lipinski definition) is 11. The van der Waals surface area contributed by atoms with Crippen LogP contribution in [0.1, 0.15) is 5.69 Å². The Morgan fingerprint density at radius 3 is 2.81 bits per heavy atom. The number of nitrogens with zero attached hydrogens (tertiary/aromatic N) is 4. The molecule has 2 atom stereocenters. The van der Waals surface area contributed by atoms with E-state index in [9.17, 15) is 24.7 Å². The monoisotopic (exact) mass is 517 g/mol. The molecule has 2 amide bonds. The number of rotatable bonds is 8. The van der Waals surface area contributed by atoms with Crippen LogP contribution < -0.4 is 16.8 Å². The number of halogens is 1. The van der Waals surface area contributed by atoms with Crippen LogP contribution in [-0.2, 0) is 14.4 Å². The van der Waals surface area contributed by atoms with E-state index in [1.54, 1.807) is 11.5 Å². The van der Waals surface area contributed by atoms with Crippen LogP contribution in [0.5, 0.6) is 0 Å². The van der Waals surface area contributed by atoms with Gasteiger partial charge in [-0.1, -0.05) is 45.9 Å². The van der Waals surface area contributed by atoms with E-state index >= 15 is 0 Å². The highest BCUT2D eigenvalue weighted by molar-refractivity contribution is 8.08. The number of carbonyl (C=O) groups excluding carboxylic acids is 2. The van der Waals surface area contributed by atoms with Gasteiger partial charge >= 0.3 is 5.97 Å². The first kappa shape index (κ1) is 23.9. The zero-order chi connectivity index (χ0) is 23.4. The van der Waals surface area contributed by atoms with Crippen LogP contribution in [0.2, 0.25) is 4.34 Å². The number of aromatic nitrogens is 1. The minimum absolute atomic E-state index is 0.0435. The van der Waals surface area contributed by atoms with E-state index in [1.165, 1.54) is 23.5 Å². The van der Waals surface area contributed by atoms with Crippen LogP contribution in [0.4, 0.5) is 5.13 Å². The number of hydrogen-bond donors (Lipinski definition) is 5. The fraction of sp³-hybridized carbons (Fsp3) is 0.250. The first-order valence-corrected chi connectivity index (χ1v) is 11.8. The SMILES string of the molecule is NC=NC/C=C\SC1=C(C(=O)O)N2C(=O)C(NC(=O)/C(=N\O)c3nc(N)sc3Cl)[C@H]2SC1. The topological polar surface area (TPSA) is 197 Å². The van der Waals surface area contributed by atoms with Gasteiger partial charge in [0.1, 0.15) is 27.1 Å². The maximum absolute atomic E-state index is 12.7. The highest BCUT2D eigenvalue weighted by Crippen LogP contribution is 2.43. The van der Waals surface area contributed by atoms with E-state index in [0.29, 0.717) is 17.2 Å². The fourth-order valence-electron chi connectivity index (χ4n) is 2.85. The largest absolute Gasteiger partial charge is 0.477 e. The Morgan fingerprint density at radius 1 is 1.47 bits per heavy atom. The van der Waals surface area contributed by atoms with Crippen molar-refractivity contribution < 1.29 is 24.7 Å². The summed E-state index contributed by atoms with van der Waals surface area (Å²) in [6.45, 7) is 0.342. The second-order valence-corrected chi connectivity index (χ2v) is 9.80. The number of carboxylic acids is 1. The first-order valence-electron chi connectivity index (χ1n) is 8.68. The average molecular weight is 518 g/mol. The summed E-state index contributed by atoms with van der Waals surface area (Å²) < 4.78 is 0.0435. The molecule has 3 heterocycles. The van der Waals surface area contributed by atoms with Crippen LogP contribution in [0.3, 0.4) is 0 Å². The lowest BCUT2D eigenvalue weighted by Gasteiger charge is -2.49. The number of β-lactam (4-membered cyclic amide) rings is 1. The van der Waals surface area contributed by atoms with Gasteiger partial charge in [0.25, 0.3) is 11.8 Å². The van der Waals surface area contributed by atoms with Crippen LogP contribution in [0, 0.1) is 0 Å². The molecule has 0 aromatic carbocycles. The van der Waals surface area contributed by atoms with Crippen molar-refractivity contribution in [2.45, 2.75) is 11.4 Å². The van der Waals surface area contributed by atoms with Crippen molar-refractivity contribution in [2.75, 3.05) is 18.0 Å². The van der Waals surface area contributed by atoms with Gasteiger partial charge in [-0.2, -0.15) is 0 Å². The van der Waals surface area contributed by atoms with E-state index in [2.05, 4.69) is 20.4 Å². The van der Waals surface area contributed by atoms with Crippen molar-refractivity contribution in [1.29, 1.82) is 0 Å². The van der Waals surface area contributed by atoms with Crippen LogP contribution in [-0.4, -0.2) is 73.7 Å². The number of thiazole rings is 1. The lowest BCUT2D eigenvalue weighted by molar-refractivity contribution is -0.150. The minimum atomic E-state index is -1.26. The second kappa shape index (κ2) is 10.2. The molecule has 32 heavy (non-hydrogen) atoms. The van der Waals surface area contributed by atoms with Crippen molar-refractivity contribution in [2.24, 2.45) is 15.9 Å². The van der Waals surface area contributed by atoms with Gasteiger partial charge in [0.15, 0.2) is 10.8 Å². The molecule has 7 N–H and O–H groups in total. The molecule has 2 aliphatic heterocycles. The zero-order valence-electron chi connectivity index (χ0n) is 16.0. The molecule has 1 fully saturated rings. The maximum Gasteiger partial charge on any atom is 0.353 e.